The van der Waals surface area contributed by atoms with Crippen molar-refractivity contribution < 1.29 is 14.3 Å². The van der Waals surface area contributed by atoms with E-state index in [9.17, 15) is 4.79 Å². The summed E-state index contributed by atoms with van der Waals surface area (Å²) in [4.78, 5) is 17.7. The van der Waals surface area contributed by atoms with Gasteiger partial charge in [-0.2, -0.15) is 0 Å². The summed E-state index contributed by atoms with van der Waals surface area (Å²) < 4.78 is 10.7. The average Bonchev–Trinajstić information content (AvgIpc) is 2.49. The highest BCUT2D eigenvalue weighted by molar-refractivity contribution is 5.77. The molecule has 2 rings (SSSR count). The molecule has 0 unspecified atom stereocenters. The summed E-state index contributed by atoms with van der Waals surface area (Å²) in [5.41, 5.74) is 0.956. The van der Waals surface area contributed by atoms with Crippen LogP contribution >= 0.6 is 0 Å². The summed E-state index contributed by atoms with van der Waals surface area (Å²) in [5.74, 6) is 0.674. The Morgan fingerprint density at radius 1 is 1.45 bits per heavy atom. The van der Waals surface area contributed by atoms with Gasteiger partial charge >= 0.3 is 0 Å². The van der Waals surface area contributed by atoms with E-state index in [1.165, 1.54) is 7.11 Å². The van der Waals surface area contributed by atoms with Gasteiger partial charge in [0.2, 0.25) is 11.8 Å². The lowest BCUT2D eigenvalue weighted by Gasteiger charge is -2.31. The highest BCUT2D eigenvalue weighted by atomic mass is 16.5. The predicted octanol–water partition coefficient (Wildman–Crippen LogP) is 1.14. The van der Waals surface area contributed by atoms with Gasteiger partial charge in [0.25, 0.3) is 0 Å². The number of piperidine rings is 1. The third kappa shape index (κ3) is 3.84. The van der Waals surface area contributed by atoms with Crippen LogP contribution in [0.1, 0.15) is 12.8 Å². The summed E-state index contributed by atoms with van der Waals surface area (Å²) >= 11 is 0. The van der Waals surface area contributed by atoms with Crippen LogP contribution in [-0.2, 0) is 9.53 Å². The quantitative estimate of drug-likeness (QED) is 0.875. The number of hydrogen-bond acceptors (Lipinski definition) is 5. The van der Waals surface area contributed by atoms with Crippen LogP contribution in [-0.4, -0.2) is 55.7 Å². The number of carbonyl (C=O) groups is 1. The molecule has 2 heterocycles. The molecule has 1 aromatic heterocycles. The van der Waals surface area contributed by atoms with Gasteiger partial charge in [0.15, 0.2) is 0 Å². The fourth-order valence-corrected chi connectivity index (χ4v) is 2.21. The number of anilines is 1. The van der Waals surface area contributed by atoms with Gasteiger partial charge in [-0.05, 0) is 6.07 Å². The Balaban J connectivity index is 1.80. The molecule has 0 saturated carbocycles. The lowest BCUT2D eigenvalue weighted by molar-refractivity contribution is -0.136. The number of likely N-dealkylation sites (tertiary alicyclic amines) is 1. The zero-order valence-electron chi connectivity index (χ0n) is 12.0. The van der Waals surface area contributed by atoms with Crippen LogP contribution in [0.15, 0.2) is 18.3 Å². The Morgan fingerprint density at radius 3 is 2.75 bits per heavy atom. The van der Waals surface area contributed by atoms with Crippen molar-refractivity contribution in [1.29, 1.82) is 0 Å². The second-order valence-electron chi connectivity index (χ2n) is 4.77. The molecule has 1 aromatic rings. The number of hydrogen-bond donors (Lipinski definition) is 1. The van der Waals surface area contributed by atoms with Crippen molar-refractivity contribution in [2.24, 2.45) is 0 Å². The number of nitrogens with one attached hydrogen (secondary N) is 1. The van der Waals surface area contributed by atoms with Crippen molar-refractivity contribution in [2.75, 3.05) is 39.2 Å². The van der Waals surface area contributed by atoms with E-state index in [1.54, 1.807) is 6.20 Å². The molecule has 6 nitrogen and oxygen atoms in total. The Bertz CT molecular complexity index is 428. The van der Waals surface area contributed by atoms with Crippen molar-refractivity contribution in [2.45, 2.75) is 18.9 Å². The second-order valence-corrected chi connectivity index (χ2v) is 4.77. The summed E-state index contributed by atoms with van der Waals surface area (Å²) in [6, 6.07) is 3.79. The largest absolute Gasteiger partial charge is 0.474 e. The number of pyridine rings is 1. The SMILES string of the molecule is CNc1ccc(OC2CCN(C(=O)COC)CC2)nc1. The predicted molar refractivity (Wildman–Crippen MR) is 75.9 cm³/mol. The molecular weight excluding hydrogens is 258 g/mol. The maximum Gasteiger partial charge on any atom is 0.248 e. The minimum Gasteiger partial charge on any atom is -0.474 e. The first kappa shape index (κ1) is 14.6. The highest BCUT2D eigenvalue weighted by Gasteiger charge is 2.23. The molecule has 20 heavy (non-hydrogen) atoms. The summed E-state index contributed by atoms with van der Waals surface area (Å²) in [7, 11) is 3.39. The summed E-state index contributed by atoms with van der Waals surface area (Å²) in [6.45, 7) is 1.57. The molecule has 1 N–H and O–H groups in total. The van der Waals surface area contributed by atoms with Crippen molar-refractivity contribution >= 4 is 11.6 Å². The highest BCUT2D eigenvalue weighted by Crippen LogP contribution is 2.18. The molecular formula is C14H21N3O3. The molecule has 1 amide bonds. The fraction of sp³-hybridized carbons (Fsp3) is 0.571. The number of nitrogens with zero attached hydrogens (tertiary/aromatic N) is 2. The fourth-order valence-electron chi connectivity index (χ4n) is 2.21. The minimum atomic E-state index is 0.0439. The first-order valence-corrected chi connectivity index (χ1v) is 6.80. The normalized spacial score (nSPS) is 16.0. The zero-order chi connectivity index (χ0) is 14.4. The molecule has 0 bridgehead atoms. The summed E-state index contributed by atoms with van der Waals surface area (Å²) in [5, 5.41) is 3.01. The number of ether oxygens (including phenoxy) is 2. The van der Waals surface area contributed by atoms with Gasteiger partial charge in [-0.3, -0.25) is 4.79 Å². The minimum absolute atomic E-state index is 0.0439. The van der Waals surface area contributed by atoms with Crippen molar-refractivity contribution in [3.05, 3.63) is 18.3 Å². The molecule has 0 atom stereocenters. The number of amides is 1. The van der Waals surface area contributed by atoms with Crippen molar-refractivity contribution in [1.82, 2.24) is 9.88 Å². The Kier molecular flexibility index (Phi) is 5.17. The van der Waals surface area contributed by atoms with Gasteiger partial charge in [0.05, 0.1) is 11.9 Å². The lowest BCUT2D eigenvalue weighted by atomic mass is 10.1. The van der Waals surface area contributed by atoms with Crippen molar-refractivity contribution in [3.63, 3.8) is 0 Å². The van der Waals surface area contributed by atoms with Gasteiger partial charge in [0, 0.05) is 46.2 Å². The Morgan fingerprint density at radius 2 is 2.20 bits per heavy atom. The van der Waals surface area contributed by atoms with E-state index in [1.807, 2.05) is 24.1 Å². The molecule has 6 heteroatoms. The molecule has 0 aromatic carbocycles. The van der Waals surface area contributed by atoms with Crippen LogP contribution in [0.3, 0.4) is 0 Å². The molecule has 0 radical (unpaired) electrons. The standard InChI is InChI=1S/C14H21N3O3/c1-15-11-3-4-13(16-9-11)20-12-5-7-17(8-6-12)14(18)10-19-2/h3-4,9,12,15H,5-8,10H2,1-2H3. The van der Waals surface area contributed by atoms with E-state index in [0.717, 1.165) is 18.5 Å². The van der Waals surface area contributed by atoms with E-state index in [0.29, 0.717) is 19.0 Å². The number of carbonyl (C=O) groups excluding carboxylic acids is 1. The van der Waals surface area contributed by atoms with Gasteiger partial charge in [0.1, 0.15) is 12.7 Å². The second kappa shape index (κ2) is 7.09. The van der Waals surface area contributed by atoms with E-state index in [-0.39, 0.29) is 18.6 Å². The van der Waals surface area contributed by atoms with Gasteiger partial charge < -0.3 is 19.7 Å². The van der Waals surface area contributed by atoms with Crippen LogP contribution in [0.4, 0.5) is 5.69 Å². The van der Waals surface area contributed by atoms with Crippen LogP contribution in [0.25, 0.3) is 0 Å². The number of aromatic nitrogens is 1. The van der Waals surface area contributed by atoms with E-state index >= 15 is 0 Å². The van der Waals surface area contributed by atoms with E-state index in [4.69, 9.17) is 9.47 Å². The van der Waals surface area contributed by atoms with Gasteiger partial charge in [-0.25, -0.2) is 4.98 Å². The Labute approximate surface area is 119 Å². The number of methoxy groups -OCH3 is 1. The molecule has 110 valence electrons. The first-order chi connectivity index (χ1) is 9.72. The monoisotopic (exact) mass is 279 g/mol. The number of rotatable bonds is 5. The van der Waals surface area contributed by atoms with Gasteiger partial charge in [-0.1, -0.05) is 0 Å². The molecule has 1 aliphatic rings. The topological polar surface area (TPSA) is 63.7 Å². The zero-order valence-corrected chi connectivity index (χ0v) is 12.0. The molecule has 0 aliphatic carbocycles. The van der Waals surface area contributed by atoms with Crippen molar-refractivity contribution in [3.8, 4) is 5.88 Å². The summed E-state index contributed by atoms with van der Waals surface area (Å²) in [6.07, 6.45) is 3.51. The van der Waals surface area contributed by atoms with Gasteiger partial charge in [-0.15, -0.1) is 0 Å². The maximum atomic E-state index is 11.7. The lowest BCUT2D eigenvalue weighted by Crippen LogP contribution is -2.43. The third-order valence-electron chi connectivity index (χ3n) is 3.37. The van der Waals surface area contributed by atoms with Crippen LogP contribution in [0.2, 0.25) is 0 Å². The third-order valence-corrected chi connectivity index (χ3v) is 3.37. The molecule has 0 spiro atoms. The molecule has 1 saturated heterocycles. The van der Waals surface area contributed by atoms with E-state index in [2.05, 4.69) is 10.3 Å². The molecule has 1 fully saturated rings. The Hall–Kier alpha value is -1.82. The van der Waals surface area contributed by atoms with Crippen LogP contribution in [0, 0.1) is 0 Å². The first-order valence-electron chi connectivity index (χ1n) is 6.80. The average molecular weight is 279 g/mol. The smallest absolute Gasteiger partial charge is 0.248 e. The maximum absolute atomic E-state index is 11.7. The van der Waals surface area contributed by atoms with Crippen LogP contribution < -0.4 is 10.1 Å². The van der Waals surface area contributed by atoms with Crippen LogP contribution in [0.5, 0.6) is 5.88 Å². The van der Waals surface area contributed by atoms with E-state index < -0.39 is 0 Å². The molecule has 1 aliphatic heterocycles.